The van der Waals surface area contributed by atoms with Gasteiger partial charge in [0.25, 0.3) is 0 Å². The van der Waals surface area contributed by atoms with Crippen molar-refractivity contribution in [1.82, 2.24) is 4.90 Å². The molecule has 0 radical (unpaired) electrons. The molecule has 1 saturated carbocycles. The van der Waals surface area contributed by atoms with Gasteiger partial charge in [-0.3, -0.25) is 0 Å². The van der Waals surface area contributed by atoms with Crippen LogP contribution in [0.4, 0.5) is 14.9 Å². The summed E-state index contributed by atoms with van der Waals surface area (Å²) in [6.07, 6.45) is 2.14. The van der Waals surface area contributed by atoms with E-state index in [1.54, 1.807) is 6.07 Å². The maximum Gasteiger partial charge on any atom is 0.322 e. The van der Waals surface area contributed by atoms with E-state index < -0.39 is 0 Å². The highest BCUT2D eigenvalue weighted by Crippen LogP contribution is 2.28. The Morgan fingerprint density at radius 2 is 2.16 bits per heavy atom. The average Bonchev–Trinajstić information content (AvgIpc) is 3.14. The lowest BCUT2D eigenvalue weighted by atomic mass is 10.2. The molecule has 1 N–H and O–H groups in total. The topological polar surface area (TPSA) is 32.3 Å². The van der Waals surface area contributed by atoms with Crippen LogP contribution >= 0.6 is 0 Å². The van der Waals surface area contributed by atoms with Gasteiger partial charge in [0.1, 0.15) is 5.82 Å². The highest BCUT2D eigenvalue weighted by atomic mass is 19.1. The van der Waals surface area contributed by atoms with Crippen LogP contribution in [0.2, 0.25) is 0 Å². The van der Waals surface area contributed by atoms with Gasteiger partial charge >= 0.3 is 6.03 Å². The van der Waals surface area contributed by atoms with Crippen molar-refractivity contribution in [2.75, 3.05) is 11.9 Å². The number of halogens is 1. The number of amides is 2. The molecule has 0 atom stereocenters. The van der Waals surface area contributed by atoms with Crippen molar-refractivity contribution in [3.05, 3.63) is 29.6 Å². The summed E-state index contributed by atoms with van der Waals surface area (Å²) in [5.41, 5.74) is 1.43. The lowest BCUT2D eigenvalue weighted by Crippen LogP contribution is -2.39. The Kier molecular flexibility index (Phi) is 4.08. The summed E-state index contributed by atoms with van der Waals surface area (Å²) in [5, 5.41) is 2.82. The zero-order valence-corrected chi connectivity index (χ0v) is 11.7. The van der Waals surface area contributed by atoms with Gasteiger partial charge in [-0.1, -0.05) is 19.9 Å². The Hall–Kier alpha value is -1.58. The first-order chi connectivity index (χ1) is 8.97. The number of hydrogen-bond donors (Lipinski definition) is 1. The zero-order valence-electron chi connectivity index (χ0n) is 11.7. The molecule has 2 amide bonds. The third-order valence-electron chi connectivity index (χ3n) is 3.25. The van der Waals surface area contributed by atoms with Gasteiger partial charge in [0.2, 0.25) is 0 Å². The van der Waals surface area contributed by atoms with E-state index in [1.165, 1.54) is 12.1 Å². The number of aryl methyl sites for hydroxylation is 1. The molecule has 1 aromatic rings. The van der Waals surface area contributed by atoms with Gasteiger partial charge in [-0.15, -0.1) is 0 Å². The standard InChI is InChI=1S/C15H21FN2O/c1-10(2)9-18(13-6-7-13)15(19)17-14-8-12(16)5-4-11(14)3/h4-5,8,10,13H,6-7,9H2,1-3H3,(H,17,19). The van der Waals surface area contributed by atoms with Gasteiger partial charge < -0.3 is 10.2 Å². The molecule has 0 unspecified atom stereocenters. The van der Waals surface area contributed by atoms with Crippen molar-refractivity contribution < 1.29 is 9.18 Å². The van der Waals surface area contributed by atoms with E-state index in [0.717, 1.165) is 24.9 Å². The number of hydrogen-bond acceptors (Lipinski definition) is 1. The van der Waals surface area contributed by atoms with Crippen LogP contribution in [0.25, 0.3) is 0 Å². The third kappa shape index (κ3) is 3.69. The molecule has 0 saturated heterocycles. The number of benzene rings is 1. The number of nitrogens with zero attached hydrogens (tertiary/aromatic N) is 1. The largest absolute Gasteiger partial charge is 0.322 e. The predicted octanol–water partition coefficient (Wildman–Crippen LogP) is 3.79. The van der Waals surface area contributed by atoms with Gasteiger partial charge in [-0.05, 0) is 43.4 Å². The Bertz CT molecular complexity index is 469. The summed E-state index contributed by atoms with van der Waals surface area (Å²) in [4.78, 5) is 14.2. The number of anilines is 1. The van der Waals surface area contributed by atoms with Crippen molar-refractivity contribution in [2.45, 2.75) is 39.7 Å². The van der Waals surface area contributed by atoms with Crippen LogP contribution in [0.1, 0.15) is 32.3 Å². The molecule has 1 aliphatic rings. The molecule has 1 aliphatic carbocycles. The SMILES string of the molecule is Cc1ccc(F)cc1NC(=O)N(CC(C)C)C1CC1. The summed E-state index contributed by atoms with van der Waals surface area (Å²) in [6, 6.07) is 4.68. The van der Waals surface area contributed by atoms with E-state index in [4.69, 9.17) is 0 Å². The second-order valence-corrected chi connectivity index (χ2v) is 5.67. The van der Waals surface area contributed by atoms with Gasteiger partial charge in [-0.25, -0.2) is 9.18 Å². The minimum absolute atomic E-state index is 0.120. The molecule has 2 rings (SSSR count). The van der Waals surface area contributed by atoms with E-state index in [2.05, 4.69) is 19.2 Å². The van der Waals surface area contributed by atoms with Crippen molar-refractivity contribution in [1.29, 1.82) is 0 Å². The second kappa shape index (κ2) is 5.59. The van der Waals surface area contributed by atoms with Crippen LogP contribution in [-0.4, -0.2) is 23.5 Å². The fraction of sp³-hybridized carbons (Fsp3) is 0.533. The van der Waals surface area contributed by atoms with Crippen molar-refractivity contribution in [3.63, 3.8) is 0 Å². The Balaban J connectivity index is 2.07. The number of carbonyl (C=O) groups excluding carboxylic acids is 1. The molecule has 4 heteroatoms. The summed E-state index contributed by atoms with van der Waals surface area (Å²) in [6.45, 7) is 6.79. The molecule has 0 heterocycles. The monoisotopic (exact) mass is 264 g/mol. The predicted molar refractivity (Wildman–Crippen MR) is 74.7 cm³/mol. The summed E-state index contributed by atoms with van der Waals surface area (Å²) >= 11 is 0. The van der Waals surface area contributed by atoms with Crippen LogP contribution in [0, 0.1) is 18.7 Å². The molecule has 0 bridgehead atoms. The van der Waals surface area contributed by atoms with Gasteiger partial charge in [0.15, 0.2) is 0 Å². The highest BCUT2D eigenvalue weighted by Gasteiger charge is 2.32. The number of nitrogens with one attached hydrogen (secondary N) is 1. The van der Waals surface area contributed by atoms with Crippen LogP contribution in [0.5, 0.6) is 0 Å². The first kappa shape index (κ1) is 13.8. The molecular formula is C15H21FN2O. The van der Waals surface area contributed by atoms with Gasteiger partial charge in [0.05, 0.1) is 0 Å². The van der Waals surface area contributed by atoms with Gasteiger partial charge in [-0.2, -0.15) is 0 Å². The zero-order chi connectivity index (χ0) is 14.0. The van der Waals surface area contributed by atoms with Gasteiger partial charge in [0, 0.05) is 18.3 Å². The van der Waals surface area contributed by atoms with E-state index >= 15 is 0 Å². The minimum atomic E-state index is -0.331. The summed E-state index contributed by atoms with van der Waals surface area (Å²) in [7, 11) is 0. The highest BCUT2D eigenvalue weighted by molar-refractivity contribution is 5.90. The second-order valence-electron chi connectivity index (χ2n) is 5.67. The van der Waals surface area contributed by atoms with Crippen LogP contribution in [0.3, 0.4) is 0 Å². The molecule has 0 aromatic heterocycles. The fourth-order valence-corrected chi connectivity index (χ4v) is 2.09. The fourth-order valence-electron chi connectivity index (χ4n) is 2.09. The molecular weight excluding hydrogens is 243 g/mol. The van der Waals surface area contributed by atoms with Crippen LogP contribution < -0.4 is 5.32 Å². The molecule has 19 heavy (non-hydrogen) atoms. The van der Waals surface area contributed by atoms with Crippen molar-refractivity contribution in [2.24, 2.45) is 5.92 Å². The Labute approximate surface area is 113 Å². The number of urea groups is 1. The van der Waals surface area contributed by atoms with E-state index in [0.29, 0.717) is 17.6 Å². The third-order valence-corrected chi connectivity index (χ3v) is 3.25. The molecule has 0 spiro atoms. The normalized spacial score (nSPS) is 14.6. The van der Waals surface area contributed by atoms with Crippen LogP contribution in [0.15, 0.2) is 18.2 Å². The molecule has 3 nitrogen and oxygen atoms in total. The molecule has 1 aromatic carbocycles. The maximum absolute atomic E-state index is 13.2. The van der Waals surface area contributed by atoms with Crippen molar-refractivity contribution >= 4 is 11.7 Å². The minimum Gasteiger partial charge on any atom is -0.321 e. The first-order valence-electron chi connectivity index (χ1n) is 6.81. The maximum atomic E-state index is 13.2. The van der Waals surface area contributed by atoms with E-state index in [-0.39, 0.29) is 11.8 Å². The van der Waals surface area contributed by atoms with Crippen molar-refractivity contribution in [3.8, 4) is 0 Å². The Morgan fingerprint density at radius 1 is 1.47 bits per heavy atom. The molecule has 0 aliphatic heterocycles. The number of carbonyl (C=O) groups is 1. The number of rotatable bonds is 4. The van der Waals surface area contributed by atoms with E-state index in [1.807, 2.05) is 11.8 Å². The quantitative estimate of drug-likeness (QED) is 0.881. The summed E-state index contributed by atoms with van der Waals surface area (Å²) < 4.78 is 13.2. The van der Waals surface area contributed by atoms with Crippen LogP contribution in [-0.2, 0) is 0 Å². The average molecular weight is 264 g/mol. The van der Waals surface area contributed by atoms with E-state index in [9.17, 15) is 9.18 Å². The first-order valence-corrected chi connectivity index (χ1v) is 6.81. The molecule has 104 valence electrons. The smallest absolute Gasteiger partial charge is 0.321 e. The summed E-state index contributed by atoms with van der Waals surface area (Å²) in [5.74, 6) is 0.0997. The molecule has 1 fully saturated rings. The Morgan fingerprint density at radius 3 is 2.74 bits per heavy atom. The lowest BCUT2D eigenvalue weighted by Gasteiger charge is -2.25. The lowest BCUT2D eigenvalue weighted by molar-refractivity contribution is 0.201.